The second-order valence-electron chi connectivity index (χ2n) is 7.31. The molecular formula is C16H32N4O2. The van der Waals surface area contributed by atoms with Crippen molar-refractivity contribution in [3.8, 4) is 0 Å². The Hall–Kier alpha value is -0.850. The Morgan fingerprint density at radius 2 is 2.00 bits per heavy atom. The molecule has 0 saturated carbocycles. The third-order valence-electron chi connectivity index (χ3n) is 4.18. The Kier molecular flexibility index (Phi) is 6.47. The van der Waals surface area contributed by atoms with Crippen LogP contribution in [-0.4, -0.2) is 79.9 Å². The summed E-state index contributed by atoms with van der Waals surface area (Å²) in [6.45, 7) is 13.5. The van der Waals surface area contributed by atoms with Gasteiger partial charge in [-0.05, 0) is 40.2 Å². The molecule has 0 aromatic heterocycles. The molecule has 22 heavy (non-hydrogen) atoms. The molecule has 2 fully saturated rings. The van der Waals surface area contributed by atoms with Crippen molar-refractivity contribution in [2.75, 3.05) is 52.4 Å². The van der Waals surface area contributed by atoms with Gasteiger partial charge in [0.2, 0.25) is 0 Å². The van der Waals surface area contributed by atoms with Crippen LogP contribution in [0.25, 0.3) is 0 Å². The van der Waals surface area contributed by atoms with Crippen molar-refractivity contribution >= 4 is 6.09 Å². The number of carbonyl (C=O) groups excluding carboxylic acids is 1. The van der Waals surface area contributed by atoms with Crippen LogP contribution in [0, 0.1) is 0 Å². The van der Waals surface area contributed by atoms with Crippen molar-refractivity contribution in [3.05, 3.63) is 0 Å². The minimum Gasteiger partial charge on any atom is -0.444 e. The van der Waals surface area contributed by atoms with Crippen LogP contribution >= 0.6 is 0 Å². The minimum absolute atomic E-state index is 0.182. The van der Waals surface area contributed by atoms with Gasteiger partial charge < -0.3 is 20.3 Å². The first kappa shape index (κ1) is 17.5. The Morgan fingerprint density at radius 3 is 2.59 bits per heavy atom. The van der Waals surface area contributed by atoms with E-state index in [4.69, 9.17) is 4.74 Å². The summed E-state index contributed by atoms with van der Waals surface area (Å²) in [7, 11) is 0. The topological polar surface area (TPSA) is 56.8 Å². The van der Waals surface area contributed by atoms with Crippen molar-refractivity contribution < 1.29 is 9.53 Å². The number of carbonyl (C=O) groups is 1. The van der Waals surface area contributed by atoms with Gasteiger partial charge in [-0.15, -0.1) is 0 Å². The van der Waals surface area contributed by atoms with E-state index in [0.29, 0.717) is 6.04 Å². The standard InChI is InChI=1S/C16H32N4O2/c1-16(2,3)22-15(21)20-11-9-19(10-12-20)8-7-18-14-5-4-6-17-13-14/h14,17-18H,4-13H2,1-3H3. The molecule has 2 saturated heterocycles. The van der Waals surface area contributed by atoms with Gasteiger partial charge in [-0.25, -0.2) is 4.79 Å². The van der Waals surface area contributed by atoms with E-state index in [0.717, 1.165) is 52.4 Å². The molecule has 128 valence electrons. The van der Waals surface area contributed by atoms with Crippen LogP contribution in [-0.2, 0) is 4.74 Å². The molecule has 6 nitrogen and oxygen atoms in total. The summed E-state index contributed by atoms with van der Waals surface area (Å²) >= 11 is 0. The summed E-state index contributed by atoms with van der Waals surface area (Å²) in [5.41, 5.74) is -0.411. The molecule has 2 N–H and O–H groups in total. The lowest BCUT2D eigenvalue weighted by molar-refractivity contribution is 0.0146. The zero-order chi connectivity index (χ0) is 16.0. The summed E-state index contributed by atoms with van der Waals surface area (Å²) in [5, 5.41) is 7.05. The predicted molar refractivity (Wildman–Crippen MR) is 88.1 cm³/mol. The van der Waals surface area contributed by atoms with E-state index in [1.54, 1.807) is 0 Å². The fourth-order valence-corrected chi connectivity index (χ4v) is 2.93. The number of hydrogen-bond donors (Lipinski definition) is 2. The molecule has 0 radical (unpaired) electrons. The third-order valence-corrected chi connectivity index (χ3v) is 4.18. The average Bonchev–Trinajstić information content (AvgIpc) is 2.47. The first-order chi connectivity index (χ1) is 10.4. The van der Waals surface area contributed by atoms with E-state index in [9.17, 15) is 4.79 Å². The molecule has 2 aliphatic heterocycles. The Bertz CT molecular complexity index is 343. The quantitative estimate of drug-likeness (QED) is 0.807. The number of nitrogens with zero attached hydrogens (tertiary/aromatic N) is 2. The van der Waals surface area contributed by atoms with Crippen molar-refractivity contribution in [1.82, 2.24) is 20.4 Å². The maximum atomic E-state index is 12.0. The molecule has 0 bridgehead atoms. The van der Waals surface area contributed by atoms with Crippen LogP contribution in [0.3, 0.4) is 0 Å². The predicted octanol–water partition coefficient (Wildman–Crippen LogP) is 0.881. The SMILES string of the molecule is CC(C)(C)OC(=O)N1CCN(CCNC2CCCNC2)CC1. The second-order valence-corrected chi connectivity index (χ2v) is 7.31. The molecule has 0 aromatic carbocycles. The number of piperidine rings is 1. The summed E-state index contributed by atoms with van der Waals surface area (Å²) in [4.78, 5) is 16.2. The first-order valence-electron chi connectivity index (χ1n) is 8.58. The zero-order valence-electron chi connectivity index (χ0n) is 14.4. The largest absolute Gasteiger partial charge is 0.444 e. The Labute approximate surface area is 134 Å². The van der Waals surface area contributed by atoms with Crippen LogP contribution in [0.2, 0.25) is 0 Å². The summed E-state index contributed by atoms with van der Waals surface area (Å²) in [6.07, 6.45) is 2.37. The highest BCUT2D eigenvalue weighted by atomic mass is 16.6. The average molecular weight is 312 g/mol. The summed E-state index contributed by atoms with van der Waals surface area (Å²) < 4.78 is 5.42. The first-order valence-corrected chi connectivity index (χ1v) is 8.58. The molecule has 1 unspecified atom stereocenters. The lowest BCUT2D eigenvalue weighted by Gasteiger charge is -2.36. The monoisotopic (exact) mass is 312 g/mol. The molecule has 2 heterocycles. The molecule has 1 amide bonds. The Morgan fingerprint density at radius 1 is 1.27 bits per heavy atom. The van der Waals surface area contributed by atoms with Crippen molar-refractivity contribution in [3.63, 3.8) is 0 Å². The van der Waals surface area contributed by atoms with Crippen molar-refractivity contribution in [1.29, 1.82) is 0 Å². The highest BCUT2D eigenvalue weighted by Crippen LogP contribution is 2.11. The van der Waals surface area contributed by atoms with Gasteiger partial charge in [-0.1, -0.05) is 0 Å². The van der Waals surface area contributed by atoms with E-state index in [1.165, 1.54) is 12.8 Å². The van der Waals surface area contributed by atoms with Crippen LogP contribution in [0.1, 0.15) is 33.6 Å². The molecule has 2 aliphatic rings. The van der Waals surface area contributed by atoms with E-state index >= 15 is 0 Å². The molecular weight excluding hydrogens is 280 g/mol. The van der Waals surface area contributed by atoms with Gasteiger partial charge in [0.15, 0.2) is 0 Å². The summed E-state index contributed by atoms with van der Waals surface area (Å²) in [5.74, 6) is 0. The van der Waals surface area contributed by atoms with Crippen LogP contribution < -0.4 is 10.6 Å². The molecule has 6 heteroatoms. The molecule has 1 atom stereocenters. The second kappa shape index (κ2) is 8.13. The zero-order valence-corrected chi connectivity index (χ0v) is 14.4. The van der Waals surface area contributed by atoms with Crippen molar-refractivity contribution in [2.45, 2.75) is 45.3 Å². The molecule has 0 spiro atoms. The fourth-order valence-electron chi connectivity index (χ4n) is 2.93. The highest BCUT2D eigenvalue weighted by molar-refractivity contribution is 5.68. The van der Waals surface area contributed by atoms with Gasteiger partial charge in [0.1, 0.15) is 5.60 Å². The van der Waals surface area contributed by atoms with E-state index in [2.05, 4.69) is 15.5 Å². The van der Waals surface area contributed by atoms with Gasteiger partial charge >= 0.3 is 6.09 Å². The molecule has 0 aromatic rings. The van der Waals surface area contributed by atoms with Gasteiger partial charge in [-0.2, -0.15) is 0 Å². The van der Waals surface area contributed by atoms with Gasteiger partial charge in [0.05, 0.1) is 0 Å². The van der Waals surface area contributed by atoms with Gasteiger partial charge in [0, 0.05) is 51.9 Å². The molecule has 2 rings (SSSR count). The molecule has 0 aliphatic carbocycles. The van der Waals surface area contributed by atoms with E-state index < -0.39 is 5.60 Å². The number of piperazine rings is 1. The maximum absolute atomic E-state index is 12.0. The van der Waals surface area contributed by atoms with Crippen LogP contribution in [0.4, 0.5) is 4.79 Å². The lowest BCUT2D eigenvalue weighted by Crippen LogP contribution is -2.52. The van der Waals surface area contributed by atoms with Gasteiger partial charge in [0.25, 0.3) is 0 Å². The number of amides is 1. The lowest BCUT2D eigenvalue weighted by atomic mass is 10.1. The number of ether oxygens (including phenoxy) is 1. The van der Waals surface area contributed by atoms with Crippen molar-refractivity contribution in [2.24, 2.45) is 0 Å². The minimum atomic E-state index is -0.411. The number of hydrogen-bond acceptors (Lipinski definition) is 5. The third kappa shape index (κ3) is 6.10. The Balaban J connectivity index is 1.59. The number of nitrogens with one attached hydrogen (secondary N) is 2. The fraction of sp³-hybridized carbons (Fsp3) is 0.938. The van der Waals surface area contributed by atoms with E-state index in [1.807, 2.05) is 25.7 Å². The van der Waals surface area contributed by atoms with E-state index in [-0.39, 0.29) is 6.09 Å². The number of rotatable bonds is 4. The normalized spacial score (nSPS) is 24.3. The maximum Gasteiger partial charge on any atom is 0.410 e. The van der Waals surface area contributed by atoms with Gasteiger partial charge in [-0.3, -0.25) is 4.90 Å². The highest BCUT2D eigenvalue weighted by Gasteiger charge is 2.25. The van der Waals surface area contributed by atoms with Crippen LogP contribution in [0.5, 0.6) is 0 Å². The summed E-state index contributed by atoms with van der Waals surface area (Å²) in [6, 6.07) is 0.622. The smallest absolute Gasteiger partial charge is 0.410 e. The van der Waals surface area contributed by atoms with Crippen LogP contribution in [0.15, 0.2) is 0 Å².